The zero-order valence-corrected chi connectivity index (χ0v) is 14.1. The zero-order valence-electron chi connectivity index (χ0n) is 13.3. The van der Waals surface area contributed by atoms with Crippen LogP contribution in [0.25, 0.3) is 0 Å². The maximum atomic E-state index is 13.2. The fourth-order valence-electron chi connectivity index (χ4n) is 2.18. The van der Waals surface area contributed by atoms with Crippen LogP contribution >= 0.6 is 12.4 Å². The Bertz CT molecular complexity index is 486. The van der Waals surface area contributed by atoms with Gasteiger partial charge >= 0.3 is 6.18 Å². The van der Waals surface area contributed by atoms with Gasteiger partial charge < -0.3 is 16.2 Å². The smallest absolute Gasteiger partial charge is 0.375 e. The molecule has 4 nitrogen and oxygen atoms in total. The van der Waals surface area contributed by atoms with E-state index in [4.69, 9.17) is 5.73 Å². The van der Waals surface area contributed by atoms with Crippen LogP contribution in [0, 0.1) is 0 Å². The molecule has 0 saturated heterocycles. The summed E-state index contributed by atoms with van der Waals surface area (Å²) in [5.41, 5.74) is 1.96. The molecule has 0 fully saturated rings. The number of alkyl halides is 3. The van der Waals surface area contributed by atoms with Crippen molar-refractivity contribution in [2.75, 3.05) is 13.1 Å². The first kappa shape index (κ1) is 22.7. The van der Waals surface area contributed by atoms with Gasteiger partial charge in [-0.2, -0.15) is 13.2 Å². The Balaban J connectivity index is 0.00000529. The monoisotopic (exact) mass is 368 g/mol. The van der Waals surface area contributed by atoms with Crippen LogP contribution in [0.1, 0.15) is 37.7 Å². The van der Waals surface area contributed by atoms with Crippen molar-refractivity contribution in [3.63, 3.8) is 0 Å². The van der Waals surface area contributed by atoms with Gasteiger partial charge in [-0.05, 0) is 24.9 Å². The van der Waals surface area contributed by atoms with E-state index in [1.165, 1.54) is 24.3 Å². The third-order valence-corrected chi connectivity index (χ3v) is 3.62. The molecule has 1 aromatic rings. The van der Waals surface area contributed by atoms with Crippen LogP contribution in [0.4, 0.5) is 13.2 Å². The number of halogens is 4. The number of nitrogens with two attached hydrogens (primary N) is 1. The van der Waals surface area contributed by atoms with Crippen molar-refractivity contribution in [3.8, 4) is 0 Å². The second-order valence-electron chi connectivity index (χ2n) is 5.45. The maximum Gasteiger partial charge on any atom is 0.423 e. The van der Waals surface area contributed by atoms with Gasteiger partial charge in [0, 0.05) is 6.42 Å². The van der Waals surface area contributed by atoms with Crippen molar-refractivity contribution in [2.24, 2.45) is 5.73 Å². The number of carbonyl (C=O) groups is 1. The second-order valence-corrected chi connectivity index (χ2v) is 5.45. The van der Waals surface area contributed by atoms with Crippen LogP contribution in [0.5, 0.6) is 0 Å². The lowest BCUT2D eigenvalue weighted by molar-refractivity contribution is -0.264. The minimum absolute atomic E-state index is 0. The number of hydrogen-bond donors (Lipinski definition) is 3. The van der Waals surface area contributed by atoms with Crippen LogP contribution < -0.4 is 11.1 Å². The van der Waals surface area contributed by atoms with Gasteiger partial charge in [-0.3, -0.25) is 4.79 Å². The molecule has 8 heteroatoms. The van der Waals surface area contributed by atoms with Crippen molar-refractivity contribution in [3.05, 3.63) is 35.9 Å². The molecule has 138 valence electrons. The quantitative estimate of drug-likeness (QED) is 0.587. The molecule has 0 bridgehead atoms. The van der Waals surface area contributed by atoms with Gasteiger partial charge in [-0.25, -0.2) is 0 Å². The molecule has 0 aliphatic heterocycles. The molecule has 1 rings (SSSR count). The van der Waals surface area contributed by atoms with E-state index in [0.29, 0.717) is 13.0 Å². The van der Waals surface area contributed by atoms with Gasteiger partial charge in [0.05, 0.1) is 6.54 Å². The number of rotatable bonds is 9. The molecule has 0 saturated carbocycles. The van der Waals surface area contributed by atoms with Crippen LogP contribution in [-0.2, 0) is 10.4 Å². The van der Waals surface area contributed by atoms with Gasteiger partial charge in [0.2, 0.25) is 11.5 Å². The summed E-state index contributed by atoms with van der Waals surface area (Å²) in [7, 11) is 0. The van der Waals surface area contributed by atoms with E-state index in [0.717, 1.165) is 19.3 Å². The average molecular weight is 369 g/mol. The maximum absolute atomic E-state index is 13.2. The Kier molecular flexibility index (Phi) is 9.96. The van der Waals surface area contributed by atoms with E-state index < -0.39 is 24.2 Å². The molecule has 0 aromatic heterocycles. The van der Waals surface area contributed by atoms with Crippen molar-refractivity contribution >= 4 is 18.3 Å². The highest BCUT2D eigenvalue weighted by Crippen LogP contribution is 2.38. The zero-order chi connectivity index (χ0) is 17.3. The van der Waals surface area contributed by atoms with E-state index in [2.05, 4.69) is 5.32 Å². The number of benzene rings is 1. The predicted octanol–water partition coefficient (Wildman–Crippen LogP) is 2.88. The summed E-state index contributed by atoms with van der Waals surface area (Å²) in [6, 6.07) is 6.75. The van der Waals surface area contributed by atoms with Crippen LogP contribution in [-0.4, -0.2) is 30.3 Å². The molecule has 1 unspecified atom stereocenters. The Morgan fingerprint density at radius 3 is 2.21 bits per heavy atom. The van der Waals surface area contributed by atoms with Gasteiger partial charge in [0.25, 0.3) is 0 Å². The highest BCUT2D eigenvalue weighted by Gasteiger charge is 2.55. The lowest BCUT2D eigenvalue weighted by atomic mass is 9.93. The molecule has 0 heterocycles. The van der Waals surface area contributed by atoms with Crippen molar-refractivity contribution in [1.82, 2.24) is 5.32 Å². The molecule has 24 heavy (non-hydrogen) atoms. The topological polar surface area (TPSA) is 75.4 Å². The lowest BCUT2D eigenvalue weighted by Crippen LogP contribution is -2.51. The fourth-order valence-corrected chi connectivity index (χ4v) is 2.18. The van der Waals surface area contributed by atoms with E-state index in [-0.39, 0.29) is 24.4 Å². The number of hydrogen-bond acceptors (Lipinski definition) is 3. The van der Waals surface area contributed by atoms with Gasteiger partial charge in [0.1, 0.15) is 0 Å². The van der Waals surface area contributed by atoms with E-state index >= 15 is 0 Å². The van der Waals surface area contributed by atoms with Crippen molar-refractivity contribution in [1.29, 1.82) is 0 Å². The van der Waals surface area contributed by atoms with Crippen molar-refractivity contribution < 1.29 is 23.1 Å². The molecular weight excluding hydrogens is 345 g/mol. The average Bonchev–Trinajstić information content (AvgIpc) is 2.52. The Labute approximate surface area is 146 Å². The van der Waals surface area contributed by atoms with E-state index in [9.17, 15) is 23.1 Å². The highest BCUT2D eigenvalue weighted by molar-refractivity contribution is 5.85. The SMILES string of the molecule is Cl.NCCCCCCC(=O)NCC(O)(c1ccccc1)C(F)(F)F. The molecule has 0 radical (unpaired) electrons. The molecular formula is C16H24ClF3N2O2. The summed E-state index contributed by atoms with van der Waals surface area (Å²) >= 11 is 0. The van der Waals surface area contributed by atoms with Gasteiger partial charge in [-0.15, -0.1) is 12.4 Å². The number of unbranched alkanes of at least 4 members (excludes halogenated alkanes) is 3. The molecule has 1 atom stereocenters. The minimum atomic E-state index is -4.89. The standard InChI is InChI=1S/C16H23F3N2O2.ClH/c17-16(18,19)15(23,13-8-4-3-5-9-13)12-21-14(22)10-6-1-2-7-11-20;/h3-5,8-9,23H,1-2,6-7,10-12,20H2,(H,21,22);1H. The lowest BCUT2D eigenvalue weighted by Gasteiger charge is -2.31. The molecule has 1 amide bonds. The first-order valence-corrected chi connectivity index (χ1v) is 7.62. The summed E-state index contributed by atoms with van der Waals surface area (Å²) in [5, 5.41) is 12.2. The predicted molar refractivity (Wildman–Crippen MR) is 88.8 cm³/mol. The summed E-state index contributed by atoms with van der Waals surface area (Å²) in [6.07, 6.45) is -1.62. The van der Waals surface area contributed by atoms with E-state index in [1.807, 2.05) is 0 Å². The van der Waals surface area contributed by atoms with Gasteiger partial charge in [0.15, 0.2) is 0 Å². The second kappa shape index (κ2) is 10.5. The molecule has 4 N–H and O–H groups in total. The number of amides is 1. The van der Waals surface area contributed by atoms with Crippen LogP contribution in [0.2, 0.25) is 0 Å². The third-order valence-electron chi connectivity index (χ3n) is 3.62. The highest BCUT2D eigenvalue weighted by atomic mass is 35.5. The Morgan fingerprint density at radius 2 is 1.67 bits per heavy atom. The number of aliphatic hydroxyl groups is 1. The first-order chi connectivity index (χ1) is 10.8. The minimum Gasteiger partial charge on any atom is -0.375 e. The summed E-state index contributed by atoms with van der Waals surface area (Å²) in [4.78, 5) is 11.7. The third kappa shape index (κ3) is 6.67. The first-order valence-electron chi connectivity index (χ1n) is 7.62. The van der Waals surface area contributed by atoms with Crippen LogP contribution in [0.15, 0.2) is 30.3 Å². The van der Waals surface area contributed by atoms with Gasteiger partial charge in [-0.1, -0.05) is 43.2 Å². The Morgan fingerprint density at radius 1 is 1.08 bits per heavy atom. The largest absolute Gasteiger partial charge is 0.423 e. The molecule has 0 aliphatic rings. The molecule has 0 aliphatic carbocycles. The summed E-state index contributed by atoms with van der Waals surface area (Å²) < 4.78 is 39.7. The normalized spacial score (nSPS) is 13.7. The molecule has 1 aromatic carbocycles. The van der Waals surface area contributed by atoms with Crippen molar-refractivity contribution in [2.45, 2.75) is 43.9 Å². The fraction of sp³-hybridized carbons (Fsp3) is 0.562. The summed E-state index contributed by atoms with van der Waals surface area (Å²) in [6.45, 7) is -0.315. The number of carbonyl (C=O) groups excluding carboxylic acids is 1. The van der Waals surface area contributed by atoms with E-state index in [1.54, 1.807) is 6.07 Å². The Hall–Kier alpha value is -1.31. The van der Waals surface area contributed by atoms with Crippen LogP contribution in [0.3, 0.4) is 0 Å². The summed E-state index contributed by atoms with van der Waals surface area (Å²) in [5.74, 6) is -0.503. The number of nitrogens with one attached hydrogen (secondary N) is 1. The molecule has 0 spiro atoms.